The van der Waals surface area contributed by atoms with Gasteiger partial charge in [-0.05, 0) is 54.6 Å². The van der Waals surface area contributed by atoms with Crippen LogP contribution in [0.15, 0.2) is 93.8 Å². The van der Waals surface area contributed by atoms with Gasteiger partial charge in [-0.25, -0.2) is 9.97 Å². The molecular weight excluding hydrogens is 602 g/mol. The Kier molecular flexibility index (Phi) is 7.74. The van der Waals surface area contributed by atoms with Crippen molar-refractivity contribution in [1.82, 2.24) is 9.97 Å². The van der Waals surface area contributed by atoms with E-state index in [2.05, 4.69) is 19.4 Å². The molecule has 226 valence electrons. The smallest absolute Gasteiger partial charge is 0.436 e. The van der Waals surface area contributed by atoms with Gasteiger partial charge in [0.15, 0.2) is 16.7 Å². The first kappa shape index (κ1) is 29.7. The standard InChI is InChI=1S/C14H7F3N2O4.C14H9F3N2O2/c15-14(16,17)23-9-4-1-3-8(7-9)13-18-12-10(19(20)21)5-2-6-11(12)22-13;15-14(16,17)21-9-4-1-3-8(7-9)13-19-12-10(18)5-2-6-11(12)20-13/h1-7H;1-7H,18H2. The number of aromatic nitrogens is 2. The van der Waals surface area contributed by atoms with E-state index in [0.29, 0.717) is 22.4 Å². The summed E-state index contributed by atoms with van der Waals surface area (Å²) < 4.78 is 92.0. The first-order valence-electron chi connectivity index (χ1n) is 12.2. The molecule has 6 aromatic rings. The van der Waals surface area contributed by atoms with E-state index in [1.165, 1.54) is 48.5 Å². The van der Waals surface area contributed by atoms with Gasteiger partial charge < -0.3 is 24.0 Å². The number of alkyl halides is 6. The maximum Gasteiger partial charge on any atom is 0.573 e. The third-order valence-corrected chi connectivity index (χ3v) is 5.67. The first-order valence-corrected chi connectivity index (χ1v) is 12.2. The van der Waals surface area contributed by atoms with Crippen LogP contribution in [0, 0.1) is 10.1 Å². The summed E-state index contributed by atoms with van der Waals surface area (Å²) >= 11 is 0. The van der Waals surface area contributed by atoms with Crippen molar-refractivity contribution in [1.29, 1.82) is 0 Å². The lowest BCUT2D eigenvalue weighted by molar-refractivity contribution is -0.383. The summed E-state index contributed by atoms with van der Waals surface area (Å²) in [5.74, 6) is -0.639. The number of nitro groups is 1. The largest absolute Gasteiger partial charge is 0.573 e. The molecule has 0 aliphatic heterocycles. The van der Waals surface area contributed by atoms with E-state index in [4.69, 9.17) is 14.6 Å². The molecule has 0 unspecified atom stereocenters. The van der Waals surface area contributed by atoms with E-state index in [-0.39, 0.29) is 39.9 Å². The van der Waals surface area contributed by atoms with Crippen molar-refractivity contribution in [2.75, 3.05) is 5.73 Å². The third-order valence-electron chi connectivity index (χ3n) is 5.67. The van der Waals surface area contributed by atoms with E-state index in [1.54, 1.807) is 24.3 Å². The van der Waals surface area contributed by atoms with Gasteiger partial charge in [-0.3, -0.25) is 10.1 Å². The van der Waals surface area contributed by atoms with Crippen LogP contribution >= 0.6 is 0 Å². The average molecular weight is 618 g/mol. The second-order valence-corrected chi connectivity index (χ2v) is 8.76. The number of nitrogen functional groups attached to an aromatic ring is 1. The number of nitro benzene ring substituents is 1. The van der Waals surface area contributed by atoms with Gasteiger partial charge in [0.1, 0.15) is 17.0 Å². The molecule has 0 spiro atoms. The van der Waals surface area contributed by atoms with Crippen molar-refractivity contribution in [2.24, 2.45) is 0 Å². The van der Waals surface area contributed by atoms with Gasteiger partial charge in [0.25, 0.3) is 5.69 Å². The molecule has 0 fully saturated rings. The Morgan fingerprint density at radius 1 is 0.682 bits per heavy atom. The van der Waals surface area contributed by atoms with Crippen LogP contribution < -0.4 is 15.2 Å². The zero-order valence-electron chi connectivity index (χ0n) is 21.7. The van der Waals surface area contributed by atoms with Crippen LogP contribution in [0.5, 0.6) is 11.5 Å². The molecule has 0 amide bonds. The van der Waals surface area contributed by atoms with E-state index in [0.717, 1.165) is 12.1 Å². The average Bonchev–Trinajstić information content (AvgIpc) is 3.57. The summed E-state index contributed by atoms with van der Waals surface area (Å²) in [5, 5.41) is 11.0. The molecule has 44 heavy (non-hydrogen) atoms. The number of anilines is 1. The fourth-order valence-electron chi connectivity index (χ4n) is 3.95. The predicted octanol–water partition coefficient (Wildman–Crippen LogP) is 8.28. The highest BCUT2D eigenvalue weighted by Crippen LogP contribution is 2.33. The molecule has 2 N–H and O–H groups in total. The minimum atomic E-state index is -4.82. The lowest BCUT2D eigenvalue weighted by Crippen LogP contribution is -2.17. The SMILES string of the molecule is Nc1cccc2oc(-c3cccc(OC(F)(F)F)c3)nc12.O=[N+]([O-])c1cccc2oc(-c3cccc(OC(F)(F)F)c3)nc12. The molecular formula is C28H16F6N4O6. The Labute approximate surface area is 241 Å². The van der Waals surface area contributed by atoms with Gasteiger partial charge in [-0.1, -0.05) is 24.3 Å². The van der Waals surface area contributed by atoms with Gasteiger partial charge in [0.2, 0.25) is 11.8 Å². The van der Waals surface area contributed by atoms with E-state index in [9.17, 15) is 36.5 Å². The summed E-state index contributed by atoms with van der Waals surface area (Å²) in [5.41, 5.74) is 7.64. The number of nitrogens with zero attached hydrogens (tertiary/aromatic N) is 3. The van der Waals surface area contributed by atoms with Crippen LogP contribution in [0.1, 0.15) is 0 Å². The van der Waals surface area contributed by atoms with Gasteiger partial charge in [-0.15, -0.1) is 26.3 Å². The Hall–Kier alpha value is -5.80. The zero-order valence-corrected chi connectivity index (χ0v) is 21.7. The van der Waals surface area contributed by atoms with Crippen molar-refractivity contribution in [3.8, 4) is 34.4 Å². The van der Waals surface area contributed by atoms with Gasteiger partial charge in [0, 0.05) is 17.2 Å². The van der Waals surface area contributed by atoms with E-state index >= 15 is 0 Å². The highest BCUT2D eigenvalue weighted by atomic mass is 19.4. The Bertz CT molecular complexity index is 1970. The Balaban J connectivity index is 0.000000175. The molecule has 6 rings (SSSR count). The summed E-state index contributed by atoms with van der Waals surface area (Å²) in [6.45, 7) is 0. The maximum atomic E-state index is 12.2. The topological polar surface area (TPSA) is 140 Å². The number of hydrogen-bond acceptors (Lipinski definition) is 9. The first-order chi connectivity index (χ1) is 20.8. The van der Waals surface area contributed by atoms with Crippen LogP contribution in [0.4, 0.5) is 37.7 Å². The predicted molar refractivity (Wildman–Crippen MR) is 143 cm³/mol. The van der Waals surface area contributed by atoms with Crippen molar-refractivity contribution in [3.63, 3.8) is 0 Å². The van der Waals surface area contributed by atoms with Crippen molar-refractivity contribution < 1.29 is 49.6 Å². The van der Waals surface area contributed by atoms with Gasteiger partial charge >= 0.3 is 12.7 Å². The molecule has 0 radical (unpaired) electrons. The fraction of sp³-hybridized carbons (Fsp3) is 0.0714. The molecule has 16 heteroatoms. The monoisotopic (exact) mass is 618 g/mol. The maximum absolute atomic E-state index is 12.2. The number of oxazole rings is 2. The molecule has 0 atom stereocenters. The molecule has 2 aromatic heterocycles. The second-order valence-electron chi connectivity index (χ2n) is 8.76. The van der Waals surface area contributed by atoms with Crippen molar-refractivity contribution >= 4 is 33.6 Å². The van der Waals surface area contributed by atoms with Crippen LogP contribution in [0.2, 0.25) is 0 Å². The molecule has 10 nitrogen and oxygen atoms in total. The quantitative estimate of drug-likeness (QED) is 0.0875. The van der Waals surface area contributed by atoms with Crippen molar-refractivity contribution in [3.05, 3.63) is 95.0 Å². The summed E-state index contributed by atoms with van der Waals surface area (Å²) in [6, 6.07) is 19.6. The number of fused-ring (bicyclic) bond motifs is 2. The van der Waals surface area contributed by atoms with Crippen LogP contribution in [0.3, 0.4) is 0 Å². The molecule has 0 aliphatic carbocycles. The minimum Gasteiger partial charge on any atom is -0.436 e. The van der Waals surface area contributed by atoms with Crippen molar-refractivity contribution in [2.45, 2.75) is 12.7 Å². The molecule has 0 saturated carbocycles. The number of benzene rings is 4. The van der Waals surface area contributed by atoms with Gasteiger partial charge in [0.05, 0.1) is 10.6 Å². The molecule has 0 aliphatic rings. The summed E-state index contributed by atoms with van der Waals surface area (Å²) in [7, 11) is 0. The van der Waals surface area contributed by atoms with E-state index < -0.39 is 23.4 Å². The number of nitrogens with two attached hydrogens (primary N) is 1. The molecule has 2 heterocycles. The molecule has 0 bridgehead atoms. The number of non-ortho nitro benzene ring substituents is 1. The Morgan fingerprint density at radius 3 is 1.61 bits per heavy atom. The second kappa shape index (κ2) is 11.5. The number of rotatable bonds is 5. The summed E-state index contributed by atoms with van der Waals surface area (Å²) in [6.07, 6.45) is -9.57. The number of ether oxygens (including phenoxy) is 2. The third kappa shape index (κ3) is 6.97. The van der Waals surface area contributed by atoms with Crippen LogP contribution in [0.25, 0.3) is 45.1 Å². The normalized spacial score (nSPS) is 11.7. The Morgan fingerprint density at radius 2 is 1.14 bits per heavy atom. The minimum absolute atomic E-state index is 0.0228. The highest BCUT2D eigenvalue weighted by Gasteiger charge is 2.32. The highest BCUT2D eigenvalue weighted by molar-refractivity contribution is 5.87. The summed E-state index contributed by atoms with van der Waals surface area (Å²) in [4.78, 5) is 18.5. The van der Waals surface area contributed by atoms with Crippen LogP contribution in [-0.4, -0.2) is 27.6 Å². The fourth-order valence-corrected chi connectivity index (χ4v) is 3.95. The van der Waals surface area contributed by atoms with Crippen LogP contribution in [-0.2, 0) is 0 Å². The number of halogens is 6. The zero-order chi connectivity index (χ0) is 31.6. The van der Waals surface area contributed by atoms with E-state index in [1.807, 2.05) is 0 Å². The lowest BCUT2D eigenvalue weighted by atomic mass is 10.2. The number of para-hydroxylation sites is 2. The lowest BCUT2D eigenvalue weighted by Gasteiger charge is -2.08. The molecule has 4 aromatic carbocycles. The number of hydrogen-bond donors (Lipinski definition) is 1. The molecule has 0 saturated heterocycles. The van der Waals surface area contributed by atoms with Gasteiger partial charge in [-0.2, -0.15) is 0 Å².